The van der Waals surface area contributed by atoms with Crippen LogP contribution in [0.2, 0.25) is 0 Å². The monoisotopic (exact) mass is 196 g/mol. The van der Waals surface area contributed by atoms with Crippen LogP contribution in [0.5, 0.6) is 0 Å². The average Bonchev–Trinajstić information content (AvgIpc) is 2.26. The van der Waals surface area contributed by atoms with E-state index in [1.807, 2.05) is 0 Å². The standard InChI is InChI=1S/C9H15F3O/c1-13-8-6-4-2-3-5-7(8)9(10,11)12/h7-8H,2-6H2,1H3. The lowest BCUT2D eigenvalue weighted by Gasteiger charge is -2.25. The number of hydrogen-bond donors (Lipinski definition) is 0. The molecule has 0 amide bonds. The summed E-state index contributed by atoms with van der Waals surface area (Å²) in [5.41, 5.74) is 0. The van der Waals surface area contributed by atoms with Crippen molar-refractivity contribution in [3.05, 3.63) is 0 Å². The molecule has 0 saturated heterocycles. The summed E-state index contributed by atoms with van der Waals surface area (Å²) in [5.74, 6) is -1.25. The Balaban J connectivity index is 2.65. The van der Waals surface area contributed by atoms with Gasteiger partial charge in [-0.05, 0) is 12.8 Å². The van der Waals surface area contributed by atoms with Crippen molar-refractivity contribution in [2.45, 2.75) is 44.4 Å². The molecule has 78 valence electrons. The number of ether oxygens (including phenoxy) is 1. The summed E-state index contributed by atoms with van der Waals surface area (Å²) in [6.45, 7) is 0. The van der Waals surface area contributed by atoms with Crippen molar-refractivity contribution in [2.24, 2.45) is 5.92 Å². The number of hydrogen-bond acceptors (Lipinski definition) is 1. The van der Waals surface area contributed by atoms with Gasteiger partial charge in [0.15, 0.2) is 0 Å². The molecule has 0 spiro atoms. The molecule has 0 heterocycles. The minimum Gasteiger partial charge on any atom is -0.381 e. The largest absolute Gasteiger partial charge is 0.394 e. The first-order chi connectivity index (χ1) is 6.05. The maximum Gasteiger partial charge on any atom is 0.394 e. The lowest BCUT2D eigenvalue weighted by atomic mass is 9.97. The average molecular weight is 196 g/mol. The van der Waals surface area contributed by atoms with Crippen LogP contribution < -0.4 is 0 Å². The Morgan fingerprint density at radius 1 is 1.08 bits per heavy atom. The summed E-state index contributed by atoms with van der Waals surface area (Å²) in [4.78, 5) is 0. The molecule has 1 aliphatic carbocycles. The van der Waals surface area contributed by atoms with Crippen molar-refractivity contribution in [2.75, 3.05) is 7.11 Å². The van der Waals surface area contributed by atoms with Crippen LogP contribution >= 0.6 is 0 Å². The normalized spacial score (nSPS) is 31.4. The van der Waals surface area contributed by atoms with E-state index in [0.717, 1.165) is 12.8 Å². The minimum atomic E-state index is -4.09. The highest BCUT2D eigenvalue weighted by Crippen LogP contribution is 2.37. The molecule has 4 heteroatoms. The van der Waals surface area contributed by atoms with E-state index in [1.54, 1.807) is 0 Å². The topological polar surface area (TPSA) is 9.23 Å². The Morgan fingerprint density at radius 2 is 1.69 bits per heavy atom. The summed E-state index contributed by atoms with van der Waals surface area (Å²) in [7, 11) is 1.37. The van der Waals surface area contributed by atoms with E-state index in [2.05, 4.69) is 0 Å². The third-order valence-electron chi connectivity index (χ3n) is 2.68. The lowest BCUT2D eigenvalue weighted by molar-refractivity contribution is -0.205. The number of halogens is 3. The van der Waals surface area contributed by atoms with Gasteiger partial charge < -0.3 is 4.74 Å². The van der Waals surface area contributed by atoms with Crippen LogP contribution in [0, 0.1) is 5.92 Å². The highest BCUT2D eigenvalue weighted by molar-refractivity contribution is 4.79. The Hall–Kier alpha value is -0.250. The highest BCUT2D eigenvalue weighted by Gasteiger charge is 2.44. The van der Waals surface area contributed by atoms with Crippen LogP contribution in [0.3, 0.4) is 0 Å². The van der Waals surface area contributed by atoms with Gasteiger partial charge in [-0.1, -0.05) is 19.3 Å². The maximum absolute atomic E-state index is 12.5. The predicted octanol–water partition coefficient (Wildman–Crippen LogP) is 3.14. The van der Waals surface area contributed by atoms with E-state index < -0.39 is 18.2 Å². The highest BCUT2D eigenvalue weighted by atomic mass is 19.4. The second kappa shape index (κ2) is 4.31. The van der Waals surface area contributed by atoms with Crippen molar-refractivity contribution in [3.8, 4) is 0 Å². The van der Waals surface area contributed by atoms with E-state index in [1.165, 1.54) is 7.11 Å². The van der Waals surface area contributed by atoms with Crippen LogP contribution in [0.1, 0.15) is 32.1 Å². The van der Waals surface area contributed by atoms with Gasteiger partial charge in [-0.3, -0.25) is 0 Å². The van der Waals surface area contributed by atoms with Crippen LogP contribution in [0.15, 0.2) is 0 Å². The molecule has 0 N–H and O–H groups in total. The first-order valence-corrected chi connectivity index (χ1v) is 4.65. The van der Waals surface area contributed by atoms with Gasteiger partial charge in [0.2, 0.25) is 0 Å². The third-order valence-corrected chi connectivity index (χ3v) is 2.68. The maximum atomic E-state index is 12.5. The molecule has 2 atom stereocenters. The molecule has 13 heavy (non-hydrogen) atoms. The predicted molar refractivity (Wildman–Crippen MR) is 43.4 cm³/mol. The molecule has 0 aromatic rings. The fourth-order valence-corrected chi connectivity index (χ4v) is 1.93. The summed E-state index contributed by atoms with van der Waals surface area (Å²) in [5, 5.41) is 0. The summed E-state index contributed by atoms with van der Waals surface area (Å²) in [6.07, 6.45) is -1.53. The lowest BCUT2D eigenvalue weighted by Crippen LogP contribution is -2.34. The summed E-state index contributed by atoms with van der Waals surface area (Å²) in [6, 6.07) is 0. The molecule has 0 bridgehead atoms. The number of alkyl halides is 3. The Bertz CT molecular complexity index is 155. The van der Waals surface area contributed by atoms with Gasteiger partial charge in [0.25, 0.3) is 0 Å². The SMILES string of the molecule is COC1CCCCCC1C(F)(F)F. The quantitative estimate of drug-likeness (QED) is 0.585. The molecular weight excluding hydrogens is 181 g/mol. The Kier molecular flexibility index (Phi) is 3.59. The van der Waals surface area contributed by atoms with E-state index in [9.17, 15) is 13.2 Å². The van der Waals surface area contributed by atoms with Crippen LogP contribution in [0.4, 0.5) is 13.2 Å². The van der Waals surface area contributed by atoms with Gasteiger partial charge in [-0.2, -0.15) is 13.2 Å². The van der Waals surface area contributed by atoms with Crippen molar-refractivity contribution < 1.29 is 17.9 Å². The zero-order valence-electron chi connectivity index (χ0n) is 7.73. The zero-order valence-corrected chi connectivity index (χ0v) is 7.73. The smallest absolute Gasteiger partial charge is 0.381 e. The molecule has 1 aliphatic rings. The van der Waals surface area contributed by atoms with Crippen LogP contribution in [-0.2, 0) is 4.74 Å². The van der Waals surface area contributed by atoms with Crippen molar-refractivity contribution >= 4 is 0 Å². The molecule has 0 aliphatic heterocycles. The third kappa shape index (κ3) is 2.86. The molecule has 0 radical (unpaired) electrons. The van der Waals surface area contributed by atoms with Gasteiger partial charge in [-0.25, -0.2) is 0 Å². The van der Waals surface area contributed by atoms with Gasteiger partial charge >= 0.3 is 6.18 Å². The van der Waals surface area contributed by atoms with Crippen molar-refractivity contribution in [1.29, 1.82) is 0 Å². The number of rotatable bonds is 1. The number of methoxy groups -OCH3 is 1. The molecule has 1 fully saturated rings. The second-order valence-electron chi connectivity index (χ2n) is 3.56. The fourth-order valence-electron chi connectivity index (χ4n) is 1.93. The van der Waals surface area contributed by atoms with Gasteiger partial charge in [0.05, 0.1) is 12.0 Å². The van der Waals surface area contributed by atoms with E-state index in [0.29, 0.717) is 12.8 Å². The van der Waals surface area contributed by atoms with E-state index in [4.69, 9.17) is 4.74 Å². The van der Waals surface area contributed by atoms with Crippen LogP contribution in [0.25, 0.3) is 0 Å². The first kappa shape index (κ1) is 10.8. The van der Waals surface area contributed by atoms with Crippen LogP contribution in [-0.4, -0.2) is 19.4 Å². The van der Waals surface area contributed by atoms with Gasteiger partial charge in [0.1, 0.15) is 0 Å². The van der Waals surface area contributed by atoms with E-state index in [-0.39, 0.29) is 6.42 Å². The Morgan fingerprint density at radius 3 is 2.23 bits per heavy atom. The molecule has 1 rings (SSSR count). The molecule has 0 aromatic heterocycles. The molecule has 1 nitrogen and oxygen atoms in total. The minimum absolute atomic E-state index is 0.224. The molecule has 1 saturated carbocycles. The van der Waals surface area contributed by atoms with Crippen molar-refractivity contribution in [1.82, 2.24) is 0 Å². The van der Waals surface area contributed by atoms with Gasteiger partial charge in [0, 0.05) is 7.11 Å². The summed E-state index contributed by atoms with van der Waals surface area (Å²) < 4.78 is 42.3. The molecule has 2 unspecified atom stereocenters. The zero-order chi connectivity index (χ0) is 9.90. The van der Waals surface area contributed by atoms with E-state index >= 15 is 0 Å². The van der Waals surface area contributed by atoms with Gasteiger partial charge in [-0.15, -0.1) is 0 Å². The molecule has 0 aromatic carbocycles. The second-order valence-corrected chi connectivity index (χ2v) is 3.56. The fraction of sp³-hybridized carbons (Fsp3) is 1.00. The molecular formula is C9H15F3O. The summed E-state index contributed by atoms with van der Waals surface area (Å²) >= 11 is 0. The Labute approximate surface area is 76.3 Å². The first-order valence-electron chi connectivity index (χ1n) is 4.65. The van der Waals surface area contributed by atoms with Crippen molar-refractivity contribution in [3.63, 3.8) is 0 Å².